The van der Waals surface area contributed by atoms with E-state index in [4.69, 9.17) is 4.74 Å². The van der Waals surface area contributed by atoms with Gasteiger partial charge in [0, 0.05) is 31.8 Å². The largest absolute Gasteiger partial charge is 0.383 e. The van der Waals surface area contributed by atoms with Gasteiger partial charge in [-0.1, -0.05) is 6.07 Å². The molecular formula is C15H19N3O2S. The van der Waals surface area contributed by atoms with Crippen LogP contribution in [0.15, 0.2) is 18.3 Å². The quantitative estimate of drug-likeness (QED) is 0.826. The summed E-state index contributed by atoms with van der Waals surface area (Å²) in [5.74, 6) is 0.378. The average molecular weight is 305 g/mol. The summed E-state index contributed by atoms with van der Waals surface area (Å²) in [5.41, 5.74) is 1.16. The number of fused-ring (bicyclic) bond motifs is 1. The summed E-state index contributed by atoms with van der Waals surface area (Å²) in [6, 6.07) is 4.01. The van der Waals surface area contributed by atoms with Crippen LogP contribution in [0.5, 0.6) is 0 Å². The van der Waals surface area contributed by atoms with Crippen LogP contribution in [-0.4, -0.2) is 44.2 Å². The summed E-state index contributed by atoms with van der Waals surface area (Å²) >= 11 is 1.49. The van der Waals surface area contributed by atoms with Crippen molar-refractivity contribution in [3.63, 3.8) is 0 Å². The van der Waals surface area contributed by atoms with Gasteiger partial charge in [-0.3, -0.25) is 4.79 Å². The van der Waals surface area contributed by atoms with Gasteiger partial charge in [0.15, 0.2) is 0 Å². The predicted octanol–water partition coefficient (Wildman–Crippen LogP) is 1.75. The van der Waals surface area contributed by atoms with Gasteiger partial charge in [-0.15, -0.1) is 11.3 Å². The van der Waals surface area contributed by atoms with Crippen molar-refractivity contribution in [2.24, 2.45) is 0 Å². The third-order valence-electron chi connectivity index (χ3n) is 3.77. The number of nitrogens with zero attached hydrogens (tertiary/aromatic N) is 1. The lowest BCUT2D eigenvalue weighted by Gasteiger charge is -2.11. The zero-order chi connectivity index (χ0) is 14.7. The molecule has 21 heavy (non-hydrogen) atoms. The van der Waals surface area contributed by atoms with E-state index in [0.29, 0.717) is 19.1 Å². The van der Waals surface area contributed by atoms with Crippen LogP contribution in [0.2, 0.25) is 0 Å². The molecule has 0 aliphatic carbocycles. The second kappa shape index (κ2) is 6.51. The highest BCUT2D eigenvalue weighted by atomic mass is 32.1. The molecule has 3 rings (SSSR count). The summed E-state index contributed by atoms with van der Waals surface area (Å²) in [6.07, 6.45) is 2.85. The number of methoxy groups -OCH3 is 1. The minimum atomic E-state index is -0.0167. The summed E-state index contributed by atoms with van der Waals surface area (Å²) in [4.78, 5) is 18.6. The molecule has 0 saturated carbocycles. The van der Waals surface area contributed by atoms with Gasteiger partial charge in [-0.2, -0.15) is 0 Å². The van der Waals surface area contributed by atoms with E-state index in [2.05, 4.69) is 21.7 Å². The van der Waals surface area contributed by atoms with E-state index in [9.17, 15) is 4.79 Å². The van der Waals surface area contributed by atoms with Gasteiger partial charge in [-0.05, 0) is 30.5 Å². The SMILES string of the molecule is COCCNC(=O)c1sc2ncccc2c1[C@@H]1CCNC1. The Balaban J connectivity index is 1.96. The van der Waals surface area contributed by atoms with Crippen LogP contribution < -0.4 is 10.6 Å². The average Bonchev–Trinajstić information content (AvgIpc) is 3.14. The Hall–Kier alpha value is -1.50. The predicted molar refractivity (Wildman–Crippen MR) is 84.1 cm³/mol. The summed E-state index contributed by atoms with van der Waals surface area (Å²) in [6.45, 7) is 2.99. The number of hydrogen-bond donors (Lipinski definition) is 2. The minimum absolute atomic E-state index is 0.0167. The molecule has 1 amide bonds. The molecule has 0 radical (unpaired) electrons. The standard InChI is InChI=1S/C15H19N3O2S/c1-20-8-7-17-14(19)13-12(10-4-6-16-9-10)11-3-2-5-18-15(11)21-13/h2-3,5,10,16H,4,6-9H2,1H3,(H,17,19)/t10-/m1/s1. The maximum atomic E-state index is 12.5. The first kappa shape index (κ1) is 14.4. The van der Waals surface area contributed by atoms with E-state index < -0.39 is 0 Å². The van der Waals surface area contributed by atoms with Gasteiger partial charge < -0.3 is 15.4 Å². The van der Waals surface area contributed by atoms with Gasteiger partial charge in [0.25, 0.3) is 5.91 Å². The zero-order valence-corrected chi connectivity index (χ0v) is 12.8. The van der Waals surface area contributed by atoms with E-state index in [1.165, 1.54) is 11.3 Å². The van der Waals surface area contributed by atoms with E-state index in [1.807, 2.05) is 6.07 Å². The van der Waals surface area contributed by atoms with Crippen molar-refractivity contribution in [2.75, 3.05) is 33.4 Å². The number of thiophene rings is 1. The van der Waals surface area contributed by atoms with E-state index in [0.717, 1.165) is 40.2 Å². The number of carbonyl (C=O) groups is 1. The number of aromatic nitrogens is 1. The third kappa shape index (κ3) is 2.92. The van der Waals surface area contributed by atoms with E-state index in [-0.39, 0.29) is 5.91 Å². The topological polar surface area (TPSA) is 63.2 Å². The number of hydrogen-bond acceptors (Lipinski definition) is 5. The molecule has 1 fully saturated rings. The fraction of sp³-hybridized carbons (Fsp3) is 0.467. The summed E-state index contributed by atoms with van der Waals surface area (Å²) < 4.78 is 4.98. The Morgan fingerprint density at radius 1 is 1.62 bits per heavy atom. The van der Waals surface area contributed by atoms with Crippen LogP contribution in [0.3, 0.4) is 0 Å². The molecule has 0 aromatic carbocycles. The number of carbonyl (C=O) groups excluding carboxylic acids is 1. The molecule has 0 bridgehead atoms. The second-order valence-electron chi connectivity index (χ2n) is 5.14. The fourth-order valence-electron chi connectivity index (χ4n) is 2.77. The lowest BCUT2D eigenvalue weighted by Crippen LogP contribution is -2.27. The third-order valence-corrected chi connectivity index (χ3v) is 4.90. The van der Waals surface area contributed by atoms with Gasteiger partial charge in [0.05, 0.1) is 11.5 Å². The van der Waals surface area contributed by atoms with Gasteiger partial charge >= 0.3 is 0 Å². The highest BCUT2D eigenvalue weighted by molar-refractivity contribution is 7.20. The number of nitrogens with one attached hydrogen (secondary N) is 2. The first-order valence-corrected chi connectivity index (χ1v) is 7.98. The smallest absolute Gasteiger partial charge is 0.261 e. The van der Waals surface area contributed by atoms with Gasteiger partial charge in [0.2, 0.25) is 0 Å². The molecule has 6 heteroatoms. The molecule has 2 aromatic rings. The van der Waals surface area contributed by atoms with Crippen LogP contribution in [-0.2, 0) is 4.74 Å². The molecule has 2 N–H and O–H groups in total. The molecular weight excluding hydrogens is 286 g/mol. The molecule has 1 aliphatic rings. The number of amides is 1. The number of rotatable bonds is 5. The molecule has 5 nitrogen and oxygen atoms in total. The molecule has 112 valence electrons. The molecule has 0 unspecified atom stereocenters. The number of ether oxygens (including phenoxy) is 1. The van der Waals surface area contributed by atoms with E-state index in [1.54, 1.807) is 13.3 Å². The Labute approximate surface area is 127 Å². The lowest BCUT2D eigenvalue weighted by atomic mass is 9.95. The highest BCUT2D eigenvalue weighted by Crippen LogP contribution is 2.37. The zero-order valence-electron chi connectivity index (χ0n) is 12.0. The molecule has 1 saturated heterocycles. The highest BCUT2D eigenvalue weighted by Gasteiger charge is 2.27. The molecule has 3 heterocycles. The van der Waals surface area contributed by atoms with Crippen molar-refractivity contribution in [3.8, 4) is 0 Å². The maximum absolute atomic E-state index is 12.5. The fourth-order valence-corrected chi connectivity index (χ4v) is 3.92. The summed E-state index contributed by atoms with van der Waals surface area (Å²) in [7, 11) is 1.63. The van der Waals surface area contributed by atoms with Crippen LogP contribution in [0.4, 0.5) is 0 Å². The molecule has 0 spiro atoms. The van der Waals surface area contributed by atoms with Crippen LogP contribution in [0, 0.1) is 0 Å². The Kier molecular flexibility index (Phi) is 4.48. The van der Waals surface area contributed by atoms with Gasteiger partial charge in [0.1, 0.15) is 4.83 Å². The second-order valence-corrected chi connectivity index (χ2v) is 6.14. The Morgan fingerprint density at radius 2 is 2.52 bits per heavy atom. The molecule has 1 aliphatic heterocycles. The van der Waals surface area contributed by atoms with Crippen LogP contribution in [0.1, 0.15) is 27.6 Å². The normalized spacial score (nSPS) is 18.2. The van der Waals surface area contributed by atoms with Crippen molar-refractivity contribution in [1.82, 2.24) is 15.6 Å². The molecule has 1 atom stereocenters. The van der Waals surface area contributed by atoms with Crippen LogP contribution in [0.25, 0.3) is 10.2 Å². The summed E-state index contributed by atoms with van der Waals surface area (Å²) in [5, 5.41) is 7.42. The van der Waals surface area contributed by atoms with E-state index >= 15 is 0 Å². The number of pyridine rings is 1. The Morgan fingerprint density at radius 3 is 3.29 bits per heavy atom. The first-order valence-electron chi connectivity index (χ1n) is 7.16. The maximum Gasteiger partial charge on any atom is 0.261 e. The van der Waals surface area contributed by atoms with Crippen molar-refractivity contribution < 1.29 is 9.53 Å². The van der Waals surface area contributed by atoms with Crippen molar-refractivity contribution in [2.45, 2.75) is 12.3 Å². The van der Waals surface area contributed by atoms with Crippen LogP contribution >= 0.6 is 11.3 Å². The Bertz CT molecular complexity index is 635. The lowest BCUT2D eigenvalue weighted by molar-refractivity contribution is 0.0940. The van der Waals surface area contributed by atoms with Crippen molar-refractivity contribution in [3.05, 3.63) is 28.8 Å². The first-order chi connectivity index (χ1) is 10.3. The monoisotopic (exact) mass is 305 g/mol. The minimum Gasteiger partial charge on any atom is -0.383 e. The van der Waals surface area contributed by atoms with Crippen molar-refractivity contribution in [1.29, 1.82) is 0 Å². The van der Waals surface area contributed by atoms with Crippen molar-refractivity contribution >= 4 is 27.5 Å². The molecule has 2 aromatic heterocycles. The van der Waals surface area contributed by atoms with Gasteiger partial charge in [-0.25, -0.2) is 4.98 Å².